The van der Waals surface area contributed by atoms with Crippen LogP contribution in [-0.4, -0.2) is 43.1 Å². The zero-order valence-corrected chi connectivity index (χ0v) is 12.4. The van der Waals surface area contributed by atoms with Crippen LogP contribution < -0.4 is 10.6 Å². The Morgan fingerprint density at radius 1 is 1.28 bits per heavy atom. The summed E-state index contributed by atoms with van der Waals surface area (Å²) in [5, 5.41) is 5.37. The Morgan fingerprint density at radius 2 is 1.78 bits per heavy atom. The Bertz CT molecular complexity index is 362. The topological polar surface area (TPSA) is 139 Å². The second-order valence-corrected chi connectivity index (χ2v) is 9.00. The van der Waals surface area contributed by atoms with Gasteiger partial charge < -0.3 is 24.9 Å². The lowest BCUT2D eigenvalue weighted by Gasteiger charge is -2.36. The lowest BCUT2D eigenvalue weighted by molar-refractivity contribution is 0.245. The number of hydrogen-bond donors (Lipinski definition) is 7. The minimum Gasteiger partial charge on any atom is -0.323 e. The van der Waals surface area contributed by atoms with Crippen molar-refractivity contribution in [2.24, 2.45) is 5.92 Å². The van der Waals surface area contributed by atoms with E-state index in [4.69, 9.17) is 19.6 Å². The highest BCUT2D eigenvalue weighted by molar-refractivity contribution is 7.81. The molecule has 0 aromatic carbocycles. The average molecular weight is 320 g/mol. The molecule has 11 heteroatoms. The van der Waals surface area contributed by atoms with Gasteiger partial charge in [0.1, 0.15) is 0 Å². The molecule has 8 nitrogen and oxygen atoms in total. The molecule has 0 aromatic heterocycles. The Morgan fingerprint density at radius 3 is 2.17 bits per heavy atom. The third-order valence-electron chi connectivity index (χ3n) is 2.75. The van der Waals surface area contributed by atoms with Crippen LogP contribution in [0, 0.1) is 5.92 Å². The van der Waals surface area contributed by atoms with Crippen LogP contribution in [0.5, 0.6) is 0 Å². The van der Waals surface area contributed by atoms with Gasteiger partial charge in [-0.25, -0.2) is 0 Å². The van der Waals surface area contributed by atoms with E-state index in [-0.39, 0.29) is 11.2 Å². The van der Waals surface area contributed by atoms with Crippen LogP contribution in [0.3, 0.4) is 0 Å². The maximum atomic E-state index is 11.1. The molecule has 1 aliphatic heterocycles. The van der Waals surface area contributed by atoms with Crippen molar-refractivity contribution in [1.82, 2.24) is 10.6 Å². The van der Waals surface area contributed by atoms with Gasteiger partial charge in [-0.15, -0.1) is 0 Å². The molecule has 0 radical (unpaired) electrons. The summed E-state index contributed by atoms with van der Waals surface area (Å²) in [6, 6.07) is 0. The van der Waals surface area contributed by atoms with E-state index in [0.717, 1.165) is 0 Å². The predicted molar refractivity (Wildman–Crippen MR) is 69.4 cm³/mol. The Balaban J connectivity index is 2.80. The minimum absolute atomic E-state index is 0.0538. The average Bonchev–Trinajstić information content (AvgIpc) is 2.12. The summed E-state index contributed by atoms with van der Waals surface area (Å²) in [5.41, 5.74) is -2.18. The predicted octanol–water partition coefficient (Wildman–Crippen LogP) is -0.531. The normalized spacial score (nSPS) is 30.7. The quantitative estimate of drug-likeness (QED) is 0.271. The maximum absolute atomic E-state index is 11.1. The highest BCUT2D eigenvalue weighted by atomic mass is 32.1. The van der Waals surface area contributed by atoms with Gasteiger partial charge in [0.2, 0.25) is 5.52 Å². The third kappa shape index (κ3) is 4.59. The first-order chi connectivity index (χ1) is 8.01. The van der Waals surface area contributed by atoms with Gasteiger partial charge in [-0.3, -0.25) is 14.4 Å². The van der Waals surface area contributed by atoms with Gasteiger partial charge >= 0.3 is 15.2 Å². The molecule has 1 aliphatic rings. The molecule has 0 saturated carbocycles. The Hall–Kier alpha value is 0.570. The third-order valence-corrected chi connectivity index (χ3v) is 6.52. The fourth-order valence-electron chi connectivity index (χ4n) is 1.89. The molecule has 1 heterocycles. The van der Waals surface area contributed by atoms with Crippen molar-refractivity contribution in [3.63, 3.8) is 0 Å². The number of piperidine rings is 1. The molecule has 1 saturated heterocycles. The van der Waals surface area contributed by atoms with Gasteiger partial charge in [-0.05, 0) is 12.3 Å². The number of hydrogen-bond acceptors (Lipinski definition) is 5. The van der Waals surface area contributed by atoms with E-state index in [0.29, 0.717) is 13.0 Å². The first kappa shape index (κ1) is 16.6. The number of thiol groups is 1. The lowest BCUT2D eigenvalue weighted by Crippen LogP contribution is -2.55. The van der Waals surface area contributed by atoms with Gasteiger partial charge in [0.05, 0.1) is 6.17 Å². The fraction of sp³-hybridized carbons (Fsp3) is 1.00. The van der Waals surface area contributed by atoms with Gasteiger partial charge in [0, 0.05) is 11.8 Å². The van der Waals surface area contributed by atoms with Crippen LogP contribution in [-0.2, 0) is 9.13 Å². The van der Waals surface area contributed by atoms with Crippen molar-refractivity contribution >= 4 is 27.8 Å². The zero-order valence-electron chi connectivity index (χ0n) is 9.67. The highest BCUT2D eigenvalue weighted by Crippen LogP contribution is 2.58. The molecule has 0 bridgehead atoms. The molecular weight excluding hydrogens is 302 g/mol. The summed E-state index contributed by atoms with van der Waals surface area (Å²) in [5.74, 6) is -0.0538. The Kier molecular flexibility index (Phi) is 5.46. The van der Waals surface area contributed by atoms with E-state index in [1.807, 2.05) is 6.92 Å². The second-order valence-electron chi connectivity index (χ2n) is 4.47. The molecule has 0 amide bonds. The maximum Gasteiger partial charge on any atom is 0.354 e. The molecule has 3 unspecified atom stereocenters. The molecule has 3 atom stereocenters. The van der Waals surface area contributed by atoms with Crippen molar-refractivity contribution in [3.8, 4) is 0 Å². The van der Waals surface area contributed by atoms with Crippen LogP contribution in [0.1, 0.15) is 13.3 Å². The zero-order chi connectivity index (χ0) is 14.1. The van der Waals surface area contributed by atoms with Crippen molar-refractivity contribution < 1.29 is 28.7 Å². The van der Waals surface area contributed by atoms with Gasteiger partial charge in [-0.2, -0.15) is 12.6 Å². The van der Waals surface area contributed by atoms with Gasteiger partial charge in [-0.1, -0.05) is 6.92 Å². The van der Waals surface area contributed by atoms with E-state index < -0.39 is 26.9 Å². The smallest absolute Gasteiger partial charge is 0.323 e. The number of rotatable bonds is 4. The molecule has 1 fully saturated rings. The minimum atomic E-state index is -4.94. The monoisotopic (exact) mass is 320 g/mol. The first-order valence-electron chi connectivity index (χ1n) is 5.29. The summed E-state index contributed by atoms with van der Waals surface area (Å²) in [7, 11) is -9.88. The second kappa shape index (κ2) is 5.91. The van der Waals surface area contributed by atoms with Gasteiger partial charge in [0.15, 0.2) is 0 Å². The van der Waals surface area contributed by atoms with Crippen LogP contribution in [0.15, 0.2) is 0 Å². The van der Waals surface area contributed by atoms with Crippen molar-refractivity contribution in [2.75, 3.05) is 6.54 Å². The van der Waals surface area contributed by atoms with E-state index in [2.05, 4.69) is 23.3 Å². The molecule has 6 N–H and O–H groups in total. The van der Waals surface area contributed by atoms with Crippen LogP contribution in [0.2, 0.25) is 0 Å². The largest absolute Gasteiger partial charge is 0.354 e. The van der Waals surface area contributed by atoms with E-state index in [1.54, 1.807) is 0 Å². The van der Waals surface area contributed by atoms with E-state index >= 15 is 0 Å². The van der Waals surface area contributed by atoms with Gasteiger partial charge in [0.25, 0.3) is 0 Å². The molecule has 0 aromatic rings. The fourth-order valence-corrected chi connectivity index (χ4v) is 4.60. The molecule has 0 aliphatic carbocycles. The first-order valence-corrected chi connectivity index (χ1v) is 9.17. The summed E-state index contributed by atoms with van der Waals surface area (Å²) >= 11 is 4.27. The number of nitrogens with one attached hydrogen (secondary N) is 2. The van der Waals surface area contributed by atoms with E-state index in [9.17, 15) is 9.13 Å². The highest BCUT2D eigenvalue weighted by Gasteiger charge is 2.45. The summed E-state index contributed by atoms with van der Waals surface area (Å²) in [4.78, 5) is 36.0. The SMILES string of the molecule is CC1CC(S)CNC1NC(P(=O)(O)O)P(=O)(O)O. The molecule has 108 valence electrons. The van der Waals surface area contributed by atoms with Crippen molar-refractivity contribution in [2.45, 2.75) is 30.3 Å². The van der Waals surface area contributed by atoms with Crippen molar-refractivity contribution in [1.29, 1.82) is 0 Å². The molecule has 1 rings (SSSR count). The Labute approximate surface area is 110 Å². The molecule has 0 spiro atoms. The van der Waals surface area contributed by atoms with E-state index in [1.165, 1.54) is 0 Å². The van der Waals surface area contributed by atoms with Crippen molar-refractivity contribution in [3.05, 3.63) is 0 Å². The van der Waals surface area contributed by atoms with Crippen LogP contribution in [0.4, 0.5) is 0 Å². The van der Waals surface area contributed by atoms with Crippen LogP contribution >= 0.6 is 27.8 Å². The lowest BCUT2D eigenvalue weighted by atomic mass is 9.98. The molecule has 18 heavy (non-hydrogen) atoms. The molecular formula is C7H18N2O6P2S. The summed E-state index contributed by atoms with van der Waals surface area (Å²) in [6.07, 6.45) is 0.113. The standard InChI is InChI=1S/C7H18N2O6P2S/c1-4-2-5(18)3-8-6(4)9-7(16(10,11)12)17(13,14)15/h4-9,18H,2-3H2,1H3,(H2,10,11,12)(H2,13,14,15). The summed E-state index contributed by atoms with van der Waals surface area (Å²) < 4.78 is 22.2. The summed E-state index contributed by atoms with van der Waals surface area (Å²) in [6.45, 7) is 2.31. The van der Waals surface area contributed by atoms with Crippen LogP contribution in [0.25, 0.3) is 0 Å².